The van der Waals surface area contributed by atoms with Crippen LogP contribution in [0.5, 0.6) is 0 Å². The van der Waals surface area contributed by atoms with Crippen molar-refractivity contribution in [2.75, 3.05) is 9.80 Å². The van der Waals surface area contributed by atoms with Gasteiger partial charge < -0.3 is 9.80 Å². The van der Waals surface area contributed by atoms with Crippen LogP contribution in [-0.4, -0.2) is 0 Å². The second-order valence-corrected chi connectivity index (χ2v) is 14.0. The van der Waals surface area contributed by atoms with E-state index in [1.165, 1.54) is 22.3 Å². The summed E-state index contributed by atoms with van der Waals surface area (Å²) in [6, 6.07) is 74.7. The van der Waals surface area contributed by atoms with Gasteiger partial charge in [0.05, 0.1) is 0 Å². The van der Waals surface area contributed by atoms with Crippen molar-refractivity contribution in [2.24, 2.45) is 0 Å². The minimum Gasteiger partial charge on any atom is -0.334 e. The van der Waals surface area contributed by atoms with Gasteiger partial charge in [-0.1, -0.05) is 144 Å². The molecule has 0 aliphatic heterocycles. The molecule has 0 N–H and O–H groups in total. The molecule has 0 bridgehead atoms. The van der Waals surface area contributed by atoms with Gasteiger partial charge in [0.1, 0.15) is 0 Å². The zero-order valence-electron chi connectivity index (χ0n) is 32.6. The SMILES string of the molecule is Cc1ccc(N(c2cc[c-]cc2)c2ccc(/C=C/c3ccc(-c4ccc(/C=C/c5ccc(N(c6cc[c-]cc6)c6ccc(C)cc6)cc5)cc4)cc3)cc2)cc1.[V].[V]. The molecule has 58 heavy (non-hydrogen) atoms. The van der Waals surface area contributed by atoms with Crippen molar-refractivity contribution in [2.45, 2.75) is 13.8 Å². The summed E-state index contributed by atoms with van der Waals surface area (Å²) >= 11 is 0. The van der Waals surface area contributed by atoms with E-state index in [4.69, 9.17) is 0 Å². The molecule has 8 aromatic rings. The molecule has 0 heterocycles. The van der Waals surface area contributed by atoms with Crippen molar-refractivity contribution in [3.05, 3.63) is 240 Å². The Labute approximate surface area is 367 Å². The first-order chi connectivity index (χ1) is 27.6. The molecule has 0 unspecified atom stereocenters. The predicted molar refractivity (Wildman–Crippen MR) is 239 cm³/mol. The van der Waals surface area contributed by atoms with Gasteiger partial charge in [-0.3, -0.25) is 0 Å². The van der Waals surface area contributed by atoms with Crippen molar-refractivity contribution in [3.63, 3.8) is 0 Å². The second kappa shape index (κ2) is 19.9. The Balaban J connectivity index is 0.00000283. The fourth-order valence-corrected chi connectivity index (χ4v) is 6.76. The number of nitrogens with zero attached hydrogens (tertiary/aromatic N) is 2. The topological polar surface area (TPSA) is 6.48 Å². The Bertz CT molecular complexity index is 2340. The first-order valence-corrected chi connectivity index (χ1v) is 19.0. The summed E-state index contributed by atoms with van der Waals surface area (Å²) < 4.78 is 0. The maximum Gasteiger partial charge on any atom is 0.0438 e. The van der Waals surface area contributed by atoms with Crippen LogP contribution in [0, 0.1) is 26.0 Å². The van der Waals surface area contributed by atoms with Gasteiger partial charge in [-0.2, -0.15) is 36.4 Å². The smallest absolute Gasteiger partial charge is 0.0438 e. The molecular weight excluding hydrogens is 778 g/mol. The molecule has 8 aromatic carbocycles. The third kappa shape index (κ3) is 10.3. The van der Waals surface area contributed by atoms with Crippen LogP contribution < -0.4 is 9.80 Å². The fourth-order valence-electron chi connectivity index (χ4n) is 6.76. The average molecular weight is 821 g/mol. The minimum absolute atomic E-state index is 0. The Morgan fingerprint density at radius 3 is 0.793 bits per heavy atom. The van der Waals surface area contributed by atoms with Crippen molar-refractivity contribution >= 4 is 58.4 Å². The summed E-state index contributed by atoms with van der Waals surface area (Å²) in [6.07, 6.45) is 8.68. The maximum absolute atomic E-state index is 3.14. The monoisotopic (exact) mass is 820 g/mol. The molecule has 0 amide bonds. The van der Waals surface area contributed by atoms with Gasteiger partial charge in [0.25, 0.3) is 0 Å². The molecule has 0 saturated carbocycles. The number of benzene rings is 8. The van der Waals surface area contributed by atoms with Crippen molar-refractivity contribution < 1.29 is 37.1 Å². The molecular formula is C54H42N2V2-2. The molecule has 0 aliphatic carbocycles. The second-order valence-electron chi connectivity index (χ2n) is 14.0. The molecule has 0 aromatic heterocycles. The molecule has 4 heteroatoms. The van der Waals surface area contributed by atoms with E-state index in [1.54, 1.807) is 0 Å². The van der Waals surface area contributed by atoms with E-state index < -0.39 is 0 Å². The molecule has 0 fully saturated rings. The molecule has 280 valence electrons. The Kier molecular flexibility index (Phi) is 14.3. The third-order valence-electron chi connectivity index (χ3n) is 9.90. The maximum atomic E-state index is 3.14. The normalized spacial score (nSPS) is 10.9. The molecule has 2 radical (unpaired) electrons. The molecule has 8 rings (SSSR count). The van der Waals surface area contributed by atoms with E-state index in [0.717, 1.165) is 56.4 Å². The van der Waals surface area contributed by atoms with Crippen LogP contribution in [0.4, 0.5) is 34.1 Å². The van der Waals surface area contributed by atoms with Crippen LogP contribution >= 0.6 is 0 Å². The van der Waals surface area contributed by atoms with Crippen LogP contribution in [-0.2, 0) is 37.1 Å². The predicted octanol–water partition coefficient (Wildman–Crippen LogP) is 14.8. The Morgan fingerprint density at radius 1 is 0.293 bits per heavy atom. The molecule has 0 atom stereocenters. The number of aryl methyl sites for hydroxylation is 2. The first-order valence-electron chi connectivity index (χ1n) is 19.0. The van der Waals surface area contributed by atoms with Gasteiger partial charge in [-0.15, -0.1) is 24.3 Å². The first kappa shape index (κ1) is 41.6. The minimum atomic E-state index is 0. The van der Waals surface area contributed by atoms with Crippen LogP contribution in [0.1, 0.15) is 33.4 Å². The average Bonchev–Trinajstić information content (AvgIpc) is 3.26. The van der Waals surface area contributed by atoms with E-state index in [9.17, 15) is 0 Å². The zero-order chi connectivity index (χ0) is 38.1. The Morgan fingerprint density at radius 2 is 0.517 bits per heavy atom. The summed E-state index contributed by atoms with van der Waals surface area (Å²) in [5, 5.41) is 0. The molecule has 2 nitrogen and oxygen atoms in total. The van der Waals surface area contributed by atoms with E-state index in [1.807, 2.05) is 24.3 Å². The fraction of sp³-hybridized carbons (Fsp3) is 0.0370. The van der Waals surface area contributed by atoms with E-state index in [2.05, 4.69) is 230 Å². The quantitative estimate of drug-likeness (QED) is 0.0947. The van der Waals surface area contributed by atoms with Crippen LogP contribution in [0.3, 0.4) is 0 Å². The molecule has 0 saturated heterocycles. The summed E-state index contributed by atoms with van der Waals surface area (Å²) in [4.78, 5) is 4.54. The zero-order valence-corrected chi connectivity index (χ0v) is 35.4. The van der Waals surface area contributed by atoms with Crippen molar-refractivity contribution in [3.8, 4) is 11.1 Å². The molecule has 0 spiro atoms. The largest absolute Gasteiger partial charge is 0.334 e. The van der Waals surface area contributed by atoms with Gasteiger partial charge in [-0.05, 0) is 95.8 Å². The number of hydrogen-bond donors (Lipinski definition) is 0. The summed E-state index contributed by atoms with van der Waals surface area (Å²) in [7, 11) is 0. The van der Waals surface area contributed by atoms with Gasteiger partial charge in [0, 0.05) is 59.9 Å². The number of rotatable bonds is 11. The van der Waals surface area contributed by atoms with Gasteiger partial charge >= 0.3 is 0 Å². The van der Waals surface area contributed by atoms with Crippen LogP contribution in [0.2, 0.25) is 0 Å². The standard InChI is InChI=1S/C54H42N2.2V/c1-41-13-33-51(34-14-41)55(49-9-5-3-6-10-49)53-37-25-45(26-38-53)19-17-43-21-29-47(30-22-43)48-31-23-44(24-32-48)18-20-46-27-39-54(40-28-46)56(50-11-7-4-8-12-50)52-35-15-42(2)16-36-52;;/h5-40H,1-2H3;;/q-2;;/b19-17+,20-18+;;. The number of hydrogen-bond acceptors (Lipinski definition) is 2. The van der Waals surface area contributed by atoms with Gasteiger partial charge in [0.2, 0.25) is 0 Å². The van der Waals surface area contributed by atoms with E-state index in [-0.39, 0.29) is 37.1 Å². The number of anilines is 6. The van der Waals surface area contributed by atoms with Crippen LogP contribution in [0.15, 0.2) is 194 Å². The van der Waals surface area contributed by atoms with Crippen molar-refractivity contribution in [1.82, 2.24) is 0 Å². The van der Waals surface area contributed by atoms with E-state index >= 15 is 0 Å². The molecule has 0 aliphatic rings. The van der Waals surface area contributed by atoms with E-state index in [0.29, 0.717) is 0 Å². The Hall–Kier alpha value is -5.99. The summed E-state index contributed by atoms with van der Waals surface area (Å²) in [6.45, 7) is 4.23. The van der Waals surface area contributed by atoms with Crippen LogP contribution in [0.25, 0.3) is 35.4 Å². The van der Waals surface area contributed by atoms with Crippen molar-refractivity contribution in [1.29, 1.82) is 0 Å². The summed E-state index contributed by atoms with van der Waals surface area (Å²) in [5.41, 5.74) is 16.2. The van der Waals surface area contributed by atoms with Gasteiger partial charge in [0.15, 0.2) is 0 Å². The third-order valence-corrected chi connectivity index (χ3v) is 9.90. The van der Waals surface area contributed by atoms with Gasteiger partial charge in [-0.25, -0.2) is 0 Å². The summed E-state index contributed by atoms with van der Waals surface area (Å²) in [5.74, 6) is 0.